The Bertz CT molecular complexity index is 205. The number of hydrogen-bond donors (Lipinski definition) is 2. The van der Waals surface area contributed by atoms with E-state index in [-0.39, 0.29) is 12.5 Å². The van der Waals surface area contributed by atoms with Gasteiger partial charge in [0.1, 0.15) is 6.04 Å². The summed E-state index contributed by atoms with van der Waals surface area (Å²) in [7, 11) is 0. The Labute approximate surface area is 70.1 Å². The van der Waals surface area contributed by atoms with Crippen LogP contribution < -0.4 is 5.73 Å². The van der Waals surface area contributed by atoms with Gasteiger partial charge >= 0.3 is 5.97 Å². The van der Waals surface area contributed by atoms with Crippen LogP contribution in [0.15, 0.2) is 0 Å². The second-order valence-electron chi connectivity index (χ2n) is 2.89. The molecule has 1 atom stereocenters. The number of carbonyl (C=O) groups excluding carboxylic acids is 1. The van der Waals surface area contributed by atoms with Crippen LogP contribution in [-0.2, 0) is 9.59 Å². The molecule has 0 saturated carbocycles. The van der Waals surface area contributed by atoms with Gasteiger partial charge < -0.3 is 15.7 Å². The summed E-state index contributed by atoms with van der Waals surface area (Å²) in [5.74, 6) is -1.05. The highest BCUT2D eigenvalue weighted by atomic mass is 16.4. The predicted molar refractivity (Wildman–Crippen MR) is 41.4 cm³/mol. The van der Waals surface area contributed by atoms with E-state index in [2.05, 4.69) is 0 Å². The van der Waals surface area contributed by atoms with Gasteiger partial charge in [0.25, 0.3) is 0 Å². The summed E-state index contributed by atoms with van der Waals surface area (Å²) in [6.45, 7) is 0.772. The lowest BCUT2D eigenvalue weighted by molar-refractivity contribution is -0.139. The van der Waals surface area contributed by atoms with Crippen molar-refractivity contribution in [2.24, 2.45) is 5.73 Å². The molecule has 1 fully saturated rings. The highest BCUT2D eigenvalue weighted by Gasteiger charge is 2.24. The molecule has 0 aromatic rings. The molecule has 0 radical (unpaired) electrons. The van der Waals surface area contributed by atoms with Crippen LogP contribution in [0.1, 0.15) is 12.8 Å². The highest BCUT2D eigenvalue weighted by Crippen LogP contribution is 2.09. The Morgan fingerprint density at radius 2 is 2.42 bits per heavy atom. The zero-order chi connectivity index (χ0) is 9.14. The summed E-state index contributed by atoms with van der Waals surface area (Å²) in [6.07, 6.45) is 1.33. The monoisotopic (exact) mass is 172 g/mol. The maximum Gasteiger partial charge on any atom is 0.322 e. The van der Waals surface area contributed by atoms with Crippen LogP contribution in [0.5, 0.6) is 0 Å². The molecular formula is C7H12N2O3. The Kier molecular flexibility index (Phi) is 2.65. The van der Waals surface area contributed by atoms with Gasteiger partial charge in [-0.3, -0.25) is 9.59 Å². The number of amides is 1. The number of carbonyl (C=O) groups is 2. The van der Waals surface area contributed by atoms with E-state index in [0.717, 1.165) is 6.42 Å². The maximum absolute atomic E-state index is 11.0. The summed E-state index contributed by atoms with van der Waals surface area (Å²) >= 11 is 0. The lowest BCUT2D eigenvalue weighted by Crippen LogP contribution is -2.43. The van der Waals surface area contributed by atoms with Crippen molar-refractivity contribution in [1.82, 2.24) is 4.90 Å². The van der Waals surface area contributed by atoms with Crippen LogP contribution in [0, 0.1) is 0 Å². The molecule has 3 N–H and O–H groups in total. The highest BCUT2D eigenvalue weighted by molar-refractivity contribution is 5.80. The first kappa shape index (κ1) is 8.99. The minimum atomic E-state index is -1.06. The van der Waals surface area contributed by atoms with Gasteiger partial charge in [-0.2, -0.15) is 0 Å². The van der Waals surface area contributed by atoms with E-state index in [4.69, 9.17) is 10.8 Å². The summed E-state index contributed by atoms with van der Waals surface area (Å²) in [5, 5.41) is 8.47. The molecule has 1 aliphatic heterocycles. The molecule has 0 aromatic carbocycles. The average molecular weight is 172 g/mol. The van der Waals surface area contributed by atoms with Gasteiger partial charge in [-0.1, -0.05) is 0 Å². The molecule has 0 unspecified atom stereocenters. The largest absolute Gasteiger partial charge is 0.480 e. The van der Waals surface area contributed by atoms with E-state index >= 15 is 0 Å². The van der Waals surface area contributed by atoms with Crippen LogP contribution in [0.2, 0.25) is 0 Å². The minimum Gasteiger partial charge on any atom is -0.480 e. The number of carboxylic acid groups (broad SMARTS) is 1. The molecule has 0 aliphatic carbocycles. The number of carboxylic acids is 1. The number of likely N-dealkylation sites (tertiary alicyclic amines) is 1. The van der Waals surface area contributed by atoms with Gasteiger partial charge in [-0.15, -0.1) is 0 Å². The van der Waals surface area contributed by atoms with Crippen LogP contribution in [0.3, 0.4) is 0 Å². The lowest BCUT2D eigenvalue weighted by Gasteiger charge is -2.17. The first-order valence-corrected chi connectivity index (χ1v) is 3.87. The van der Waals surface area contributed by atoms with E-state index in [1.165, 1.54) is 4.90 Å². The van der Waals surface area contributed by atoms with E-state index < -0.39 is 12.0 Å². The standard InChI is InChI=1S/C7H12N2O3/c8-5(7(11)12)4-9-3-1-2-6(9)10/h5H,1-4,8H2,(H,11,12)/t5-/m0/s1. The zero-order valence-corrected chi connectivity index (χ0v) is 6.69. The fourth-order valence-corrected chi connectivity index (χ4v) is 1.21. The number of hydrogen-bond acceptors (Lipinski definition) is 3. The van der Waals surface area contributed by atoms with Gasteiger partial charge in [0.2, 0.25) is 5.91 Å². The Hall–Kier alpha value is -1.10. The van der Waals surface area contributed by atoms with E-state index in [1.807, 2.05) is 0 Å². The number of nitrogens with zero attached hydrogens (tertiary/aromatic N) is 1. The third-order valence-electron chi connectivity index (χ3n) is 1.91. The molecule has 12 heavy (non-hydrogen) atoms. The summed E-state index contributed by atoms with van der Waals surface area (Å²) in [6, 6.07) is -0.952. The van der Waals surface area contributed by atoms with E-state index in [0.29, 0.717) is 13.0 Å². The van der Waals surface area contributed by atoms with Crippen LogP contribution in [-0.4, -0.2) is 41.0 Å². The molecule has 68 valence electrons. The van der Waals surface area contributed by atoms with Gasteiger partial charge in [-0.25, -0.2) is 0 Å². The van der Waals surface area contributed by atoms with Gasteiger partial charge in [0, 0.05) is 19.5 Å². The Morgan fingerprint density at radius 1 is 1.75 bits per heavy atom. The number of aliphatic carboxylic acids is 1. The van der Waals surface area contributed by atoms with Crippen molar-refractivity contribution in [3.05, 3.63) is 0 Å². The topological polar surface area (TPSA) is 83.6 Å². The molecule has 1 amide bonds. The zero-order valence-electron chi connectivity index (χ0n) is 6.69. The molecular weight excluding hydrogens is 160 g/mol. The van der Waals surface area contributed by atoms with Crippen LogP contribution >= 0.6 is 0 Å². The predicted octanol–water partition coefficient (Wildman–Crippen LogP) is -0.979. The molecule has 0 bridgehead atoms. The van der Waals surface area contributed by atoms with Gasteiger partial charge in [0.15, 0.2) is 0 Å². The minimum absolute atomic E-state index is 0.00620. The van der Waals surface area contributed by atoms with Crippen molar-refractivity contribution >= 4 is 11.9 Å². The Balaban J connectivity index is 2.40. The molecule has 1 saturated heterocycles. The molecule has 0 aromatic heterocycles. The van der Waals surface area contributed by atoms with E-state index in [9.17, 15) is 9.59 Å². The third-order valence-corrected chi connectivity index (χ3v) is 1.91. The normalized spacial score (nSPS) is 19.8. The SMILES string of the molecule is N[C@@H](CN1CCCC1=O)C(=O)O. The molecule has 5 heteroatoms. The third kappa shape index (κ3) is 1.94. The first-order valence-electron chi connectivity index (χ1n) is 3.87. The maximum atomic E-state index is 11.0. The first-order chi connectivity index (χ1) is 5.61. The summed E-state index contributed by atoms with van der Waals surface area (Å²) < 4.78 is 0. The fourth-order valence-electron chi connectivity index (χ4n) is 1.21. The quantitative estimate of drug-likeness (QED) is 0.573. The van der Waals surface area contributed by atoms with Gasteiger partial charge in [0.05, 0.1) is 0 Å². The second-order valence-corrected chi connectivity index (χ2v) is 2.89. The van der Waals surface area contributed by atoms with Crippen molar-refractivity contribution < 1.29 is 14.7 Å². The van der Waals surface area contributed by atoms with Crippen molar-refractivity contribution in [2.75, 3.05) is 13.1 Å². The molecule has 1 rings (SSSR count). The molecule has 5 nitrogen and oxygen atoms in total. The summed E-state index contributed by atoms with van der Waals surface area (Å²) in [4.78, 5) is 22.8. The second kappa shape index (κ2) is 3.53. The molecule has 1 heterocycles. The van der Waals surface area contributed by atoms with E-state index in [1.54, 1.807) is 0 Å². The molecule has 1 aliphatic rings. The van der Waals surface area contributed by atoms with Crippen molar-refractivity contribution in [3.63, 3.8) is 0 Å². The number of rotatable bonds is 3. The summed E-state index contributed by atoms with van der Waals surface area (Å²) in [5.41, 5.74) is 5.27. The smallest absolute Gasteiger partial charge is 0.322 e. The lowest BCUT2D eigenvalue weighted by atomic mass is 10.3. The van der Waals surface area contributed by atoms with Crippen molar-refractivity contribution in [2.45, 2.75) is 18.9 Å². The fraction of sp³-hybridized carbons (Fsp3) is 0.714. The Morgan fingerprint density at radius 3 is 2.83 bits per heavy atom. The van der Waals surface area contributed by atoms with Crippen molar-refractivity contribution in [3.8, 4) is 0 Å². The van der Waals surface area contributed by atoms with Crippen molar-refractivity contribution in [1.29, 1.82) is 0 Å². The van der Waals surface area contributed by atoms with Crippen LogP contribution in [0.25, 0.3) is 0 Å². The molecule has 0 spiro atoms. The van der Waals surface area contributed by atoms with Gasteiger partial charge in [-0.05, 0) is 6.42 Å². The number of nitrogens with two attached hydrogens (primary N) is 1. The van der Waals surface area contributed by atoms with Crippen LogP contribution in [0.4, 0.5) is 0 Å². The average Bonchev–Trinajstić information content (AvgIpc) is 2.36.